The summed E-state index contributed by atoms with van der Waals surface area (Å²) in [5, 5.41) is 12.7. The molecule has 1 aromatic carbocycles. The molecule has 0 unspecified atom stereocenters. The molecule has 1 N–H and O–H groups in total. The summed E-state index contributed by atoms with van der Waals surface area (Å²) in [6.45, 7) is 7.01. The average Bonchev–Trinajstić information content (AvgIpc) is 2.41. The zero-order chi connectivity index (χ0) is 16.2. The number of carbonyl (C=O) groups is 1. The van der Waals surface area contributed by atoms with Crippen LogP contribution in [-0.2, 0) is 4.79 Å². The van der Waals surface area contributed by atoms with Gasteiger partial charge in [-0.25, -0.2) is 0 Å². The lowest BCUT2D eigenvalue weighted by atomic mass is 9.90. The van der Waals surface area contributed by atoms with Crippen molar-refractivity contribution in [1.82, 2.24) is 5.32 Å². The second-order valence-electron chi connectivity index (χ2n) is 5.29. The highest BCUT2D eigenvalue weighted by Gasteiger charge is 2.32. The van der Waals surface area contributed by atoms with Gasteiger partial charge in [0.2, 0.25) is 0 Å². The minimum Gasteiger partial charge on any atom is -0.479 e. The molecule has 1 rings (SSSR count). The summed E-state index contributed by atoms with van der Waals surface area (Å²) in [5.41, 5.74) is -0.946. The Labute approximate surface area is 135 Å². The molecule has 0 heterocycles. The summed E-state index contributed by atoms with van der Waals surface area (Å²) in [6, 6.07) is 6.88. The Morgan fingerprint density at radius 3 is 2.48 bits per heavy atom. The number of hydrogen-bond acceptors (Lipinski definition) is 3. The van der Waals surface area contributed by atoms with Gasteiger partial charge in [0.1, 0.15) is 11.3 Å². The van der Waals surface area contributed by atoms with E-state index in [1.165, 1.54) is 6.07 Å². The molecule has 2 atom stereocenters. The number of amides is 1. The molecule has 21 heavy (non-hydrogen) atoms. The van der Waals surface area contributed by atoms with Gasteiger partial charge < -0.3 is 10.1 Å². The van der Waals surface area contributed by atoms with Crippen LogP contribution < -0.4 is 10.1 Å². The minimum absolute atomic E-state index is 0.0298. The Kier molecular flexibility index (Phi) is 5.88. The third-order valence-electron chi connectivity index (χ3n) is 3.34. The Morgan fingerprint density at radius 1 is 1.38 bits per heavy atom. The number of halogens is 2. The van der Waals surface area contributed by atoms with Gasteiger partial charge >= 0.3 is 0 Å². The minimum atomic E-state index is -0.946. The van der Waals surface area contributed by atoms with E-state index in [1.54, 1.807) is 26.0 Å². The van der Waals surface area contributed by atoms with Crippen molar-refractivity contribution < 1.29 is 9.53 Å². The summed E-state index contributed by atoms with van der Waals surface area (Å²) in [7, 11) is 0. The van der Waals surface area contributed by atoms with E-state index in [-0.39, 0.29) is 11.8 Å². The van der Waals surface area contributed by atoms with Crippen LogP contribution in [0.25, 0.3) is 0 Å². The fourth-order valence-electron chi connectivity index (χ4n) is 1.47. The van der Waals surface area contributed by atoms with Gasteiger partial charge in [-0.15, -0.1) is 0 Å². The number of nitrogens with one attached hydrogen (secondary N) is 1. The highest BCUT2D eigenvalue weighted by atomic mass is 35.5. The molecule has 0 aromatic heterocycles. The van der Waals surface area contributed by atoms with E-state index >= 15 is 0 Å². The molecule has 1 amide bonds. The van der Waals surface area contributed by atoms with Crippen molar-refractivity contribution in [2.45, 2.75) is 39.3 Å². The van der Waals surface area contributed by atoms with Crippen molar-refractivity contribution in [1.29, 1.82) is 5.26 Å². The topological polar surface area (TPSA) is 62.1 Å². The fraction of sp³-hybridized carbons (Fsp3) is 0.467. The average molecular weight is 329 g/mol. The Balaban J connectivity index is 2.78. The highest BCUT2D eigenvalue weighted by Crippen LogP contribution is 2.28. The summed E-state index contributed by atoms with van der Waals surface area (Å²) in [4.78, 5) is 12.1. The van der Waals surface area contributed by atoms with Crippen LogP contribution in [-0.4, -0.2) is 17.6 Å². The van der Waals surface area contributed by atoms with Crippen LogP contribution >= 0.6 is 23.2 Å². The van der Waals surface area contributed by atoms with Crippen molar-refractivity contribution >= 4 is 29.1 Å². The molecule has 0 fully saturated rings. The van der Waals surface area contributed by atoms with Crippen LogP contribution in [0, 0.1) is 17.2 Å². The normalized spacial score (nSPS) is 15.0. The Hall–Kier alpha value is -1.44. The maximum absolute atomic E-state index is 12.1. The van der Waals surface area contributed by atoms with Crippen molar-refractivity contribution in [3.8, 4) is 11.8 Å². The van der Waals surface area contributed by atoms with E-state index in [2.05, 4.69) is 11.4 Å². The molecule has 4 nitrogen and oxygen atoms in total. The van der Waals surface area contributed by atoms with E-state index in [9.17, 15) is 10.1 Å². The van der Waals surface area contributed by atoms with Crippen molar-refractivity contribution in [2.75, 3.05) is 0 Å². The molecule has 1 aromatic rings. The van der Waals surface area contributed by atoms with Crippen molar-refractivity contribution in [3.05, 3.63) is 28.2 Å². The van der Waals surface area contributed by atoms with E-state index in [0.29, 0.717) is 15.8 Å². The van der Waals surface area contributed by atoms with Crippen LogP contribution in [0.4, 0.5) is 0 Å². The number of ether oxygens (including phenoxy) is 1. The smallest absolute Gasteiger partial charge is 0.262 e. The lowest BCUT2D eigenvalue weighted by Crippen LogP contribution is -2.52. The van der Waals surface area contributed by atoms with Gasteiger partial charge in [0, 0.05) is 5.02 Å². The molecule has 114 valence electrons. The predicted molar refractivity (Wildman–Crippen MR) is 83.6 cm³/mol. The maximum Gasteiger partial charge on any atom is 0.262 e. The van der Waals surface area contributed by atoms with Crippen LogP contribution in [0.2, 0.25) is 10.0 Å². The van der Waals surface area contributed by atoms with Gasteiger partial charge in [-0.3, -0.25) is 4.79 Å². The quantitative estimate of drug-likeness (QED) is 0.893. The number of rotatable bonds is 5. The van der Waals surface area contributed by atoms with E-state index < -0.39 is 11.6 Å². The largest absolute Gasteiger partial charge is 0.479 e. The Morgan fingerprint density at radius 2 is 2.00 bits per heavy atom. The van der Waals surface area contributed by atoms with E-state index in [0.717, 1.165) is 0 Å². The summed E-state index contributed by atoms with van der Waals surface area (Å²) >= 11 is 11.8. The molecule has 0 aliphatic heterocycles. The van der Waals surface area contributed by atoms with Crippen LogP contribution in [0.15, 0.2) is 18.2 Å². The molecule has 0 saturated carbocycles. The Bertz CT molecular complexity index is 569. The molecule has 0 spiro atoms. The zero-order valence-electron chi connectivity index (χ0n) is 12.4. The summed E-state index contributed by atoms with van der Waals surface area (Å²) in [6.07, 6.45) is -0.782. The van der Waals surface area contributed by atoms with Crippen LogP contribution in [0.1, 0.15) is 27.7 Å². The van der Waals surface area contributed by atoms with E-state index in [1.807, 2.05) is 13.8 Å². The van der Waals surface area contributed by atoms with Gasteiger partial charge in [0.15, 0.2) is 6.10 Å². The monoisotopic (exact) mass is 328 g/mol. The molecular formula is C15H18Cl2N2O2. The molecular weight excluding hydrogens is 311 g/mol. The molecule has 0 bridgehead atoms. The van der Waals surface area contributed by atoms with Gasteiger partial charge in [-0.2, -0.15) is 5.26 Å². The summed E-state index contributed by atoms with van der Waals surface area (Å²) < 4.78 is 5.52. The third-order valence-corrected chi connectivity index (χ3v) is 3.87. The number of nitriles is 1. The molecule has 0 aliphatic rings. The number of benzene rings is 1. The first-order valence-electron chi connectivity index (χ1n) is 6.54. The van der Waals surface area contributed by atoms with Gasteiger partial charge in [-0.1, -0.05) is 37.0 Å². The predicted octanol–water partition coefficient (Wildman–Crippen LogP) is 3.82. The van der Waals surface area contributed by atoms with Gasteiger partial charge in [0.05, 0.1) is 11.1 Å². The van der Waals surface area contributed by atoms with Crippen molar-refractivity contribution in [3.63, 3.8) is 0 Å². The second-order valence-corrected chi connectivity index (χ2v) is 6.14. The summed E-state index contributed by atoms with van der Waals surface area (Å²) in [5.74, 6) is -0.0385. The van der Waals surface area contributed by atoms with Crippen LogP contribution in [0.3, 0.4) is 0 Å². The SMILES string of the molecule is CC(C)[C@@](C)(C#N)NC(=O)[C@@H](C)Oc1ccc(Cl)cc1Cl. The number of hydrogen-bond donors (Lipinski definition) is 1. The van der Waals surface area contributed by atoms with Crippen LogP contribution in [0.5, 0.6) is 5.75 Å². The second kappa shape index (κ2) is 7.02. The first kappa shape index (κ1) is 17.6. The van der Waals surface area contributed by atoms with Gasteiger partial charge in [0.25, 0.3) is 5.91 Å². The maximum atomic E-state index is 12.1. The van der Waals surface area contributed by atoms with Gasteiger partial charge in [-0.05, 0) is 38.0 Å². The lowest BCUT2D eigenvalue weighted by Gasteiger charge is -2.28. The molecule has 6 heteroatoms. The zero-order valence-corrected chi connectivity index (χ0v) is 13.9. The highest BCUT2D eigenvalue weighted by molar-refractivity contribution is 6.35. The standard InChI is InChI=1S/C15H18Cl2N2O2/c1-9(2)15(4,8-18)19-14(20)10(3)21-13-6-5-11(16)7-12(13)17/h5-7,9-10H,1-4H3,(H,19,20)/t10-,15-/m1/s1. The number of nitrogens with zero attached hydrogens (tertiary/aromatic N) is 1. The number of carbonyl (C=O) groups excluding carboxylic acids is 1. The van der Waals surface area contributed by atoms with Crippen molar-refractivity contribution in [2.24, 2.45) is 5.92 Å². The molecule has 0 saturated heterocycles. The molecule has 0 radical (unpaired) electrons. The third kappa shape index (κ3) is 4.52. The van der Waals surface area contributed by atoms with E-state index in [4.69, 9.17) is 27.9 Å². The molecule has 0 aliphatic carbocycles. The first-order valence-corrected chi connectivity index (χ1v) is 7.30. The lowest BCUT2D eigenvalue weighted by molar-refractivity contribution is -0.128. The fourth-order valence-corrected chi connectivity index (χ4v) is 1.93. The first-order chi connectivity index (χ1) is 9.69.